The number of likely N-dealkylation sites (tertiary alicyclic amines) is 1. The maximum atomic E-state index is 10.8. The Morgan fingerprint density at radius 3 is 2.92 bits per heavy atom. The first-order chi connectivity index (χ1) is 5.68. The van der Waals surface area contributed by atoms with Gasteiger partial charge in [-0.1, -0.05) is 0 Å². The van der Waals surface area contributed by atoms with Gasteiger partial charge in [-0.3, -0.25) is 4.18 Å². The van der Waals surface area contributed by atoms with E-state index in [9.17, 15) is 4.21 Å². The van der Waals surface area contributed by atoms with Gasteiger partial charge in [0.05, 0.1) is 6.10 Å². The summed E-state index contributed by atoms with van der Waals surface area (Å²) in [6.07, 6.45) is 5.22. The fourth-order valence-corrected chi connectivity index (χ4v) is 2.09. The topological polar surface area (TPSA) is 29.5 Å². The minimum Gasteiger partial charge on any atom is -0.304 e. The van der Waals surface area contributed by atoms with Crippen molar-refractivity contribution >= 4 is 11.1 Å². The highest BCUT2D eigenvalue weighted by molar-refractivity contribution is 7.79. The van der Waals surface area contributed by atoms with E-state index in [0.29, 0.717) is 0 Å². The molecular weight excluding hydrogens is 174 g/mol. The van der Waals surface area contributed by atoms with Gasteiger partial charge in [-0.15, -0.1) is 0 Å². The van der Waals surface area contributed by atoms with E-state index < -0.39 is 11.1 Å². The Labute approximate surface area is 76.7 Å². The molecule has 0 radical (unpaired) electrons. The molecule has 0 bridgehead atoms. The van der Waals surface area contributed by atoms with E-state index in [-0.39, 0.29) is 6.10 Å². The van der Waals surface area contributed by atoms with Crippen LogP contribution in [0.5, 0.6) is 0 Å². The van der Waals surface area contributed by atoms with Gasteiger partial charge >= 0.3 is 0 Å². The van der Waals surface area contributed by atoms with E-state index in [1.165, 1.54) is 12.8 Å². The van der Waals surface area contributed by atoms with Crippen molar-refractivity contribution in [1.29, 1.82) is 0 Å². The third-order valence-electron chi connectivity index (χ3n) is 2.10. The van der Waals surface area contributed by atoms with Gasteiger partial charge in [-0.25, -0.2) is 4.21 Å². The van der Waals surface area contributed by atoms with E-state index in [1.807, 2.05) is 0 Å². The molecule has 0 spiro atoms. The first-order valence-electron chi connectivity index (χ1n) is 4.37. The number of likely N-dealkylation sites (N-methyl/N-ethyl adjacent to an activating group) is 1. The molecule has 12 heavy (non-hydrogen) atoms. The van der Waals surface area contributed by atoms with Crippen LogP contribution in [0.15, 0.2) is 0 Å². The van der Waals surface area contributed by atoms with Crippen LogP contribution in [0.1, 0.15) is 19.3 Å². The molecule has 1 aliphatic heterocycles. The van der Waals surface area contributed by atoms with Gasteiger partial charge in [-0.2, -0.15) is 0 Å². The predicted molar refractivity (Wildman–Crippen MR) is 50.3 cm³/mol. The van der Waals surface area contributed by atoms with Crippen LogP contribution in [0.25, 0.3) is 0 Å². The Kier molecular flexibility index (Phi) is 4.18. The molecule has 1 fully saturated rings. The Morgan fingerprint density at radius 1 is 1.50 bits per heavy atom. The summed E-state index contributed by atoms with van der Waals surface area (Å²) < 4.78 is 16.1. The van der Waals surface area contributed by atoms with Gasteiger partial charge in [0.2, 0.25) is 0 Å². The van der Waals surface area contributed by atoms with Gasteiger partial charge in [0.25, 0.3) is 0 Å². The second-order valence-electron chi connectivity index (χ2n) is 3.38. The third-order valence-corrected chi connectivity index (χ3v) is 2.65. The highest BCUT2D eigenvalue weighted by atomic mass is 32.2. The summed E-state index contributed by atoms with van der Waals surface area (Å²) in [5, 5.41) is 0. The van der Waals surface area contributed by atoms with Gasteiger partial charge < -0.3 is 4.90 Å². The van der Waals surface area contributed by atoms with Crippen LogP contribution in [0, 0.1) is 0 Å². The molecule has 0 N–H and O–H groups in total. The van der Waals surface area contributed by atoms with Crippen LogP contribution in [-0.4, -0.2) is 41.6 Å². The molecule has 1 rings (SSSR count). The van der Waals surface area contributed by atoms with Crippen LogP contribution in [0.2, 0.25) is 0 Å². The first-order valence-corrected chi connectivity index (χ1v) is 5.86. The van der Waals surface area contributed by atoms with Crippen molar-refractivity contribution in [2.75, 3.05) is 26.4 Å². The smallest absolute Gasteiger partial charge is 0.152 e. The molecule has 2 atom stereocenters. The van der Waals surface area contributed by atoms with Crippen molar-refractivity contribution in [3.8, 4) is 0 Å². The van der Waals surface area contributed by atoms with Crippen LogP contribution < -0.4 is 0 Å². The number of nitrogens with zero attached hydrogens (tertiary/aromatic N) is 1. The van der Waals surface area contributed by atoms with Crippen molar-refractivity contribution in [2.24, 2.45) is 0 Å². The molecule has 1 aliphatic rings. The number of hydrogen-bond acceptors (Lipinski definition) is 3. The van der Waals surface area contributed by atoms with Crippen molar-refractivity contribution in [2.45, 2.75) is 25.4 Å². The van der Waals surface area contributed by atoms with Crippen molar-refractivity contribution < 1.29 is 8.39 Å². The highest BCUT2D eigenvalue weighted by Gasteiger charge is 2.16. The SMILES string of the molecule is CN1CCCCC(OS(C)=O)C1. The zero-order valence-electron chi connectivity index (χ0n) is 7.78. The lowest BCUT2D eigenvalue weighted by molar-refractivity contribution is 0.174. The third kappa shape index (κ3) is 3.65. The number of rotatable bonds is 2. The average Bonchev–Trinajstić information content (AvgIpc) is 2.12. The second kappa shape index (κ2) is 4.94. The standard InChI is InChI=1S/C8H17NO2S/c1-9-6-4-3-5-8(7-9)11-12(2)10/h8H,3-7H2,1-2H3. The lowest BCUT2D eigenvalue weighted by Crippen LogP contribution is -2.29. The molecule has 0 aromatic heterocycles. The van der Waals surface area contributed by atoms with Crippen LogP contribution >= 0.6 is 0 Å². The zero-order valence-corrected chi connectivity index (χ0v) is 8.60. The van der Waals surface area contributed by atoms with Crippen molar-refractivity contribution in [3.63, 3.8) is 0 Å². The molecule has 0 aliphatic carbocycles. The van der Waals surface area contributed by atoms with E-state index in [0.717, 1.165) is 19.5 Å². The summed E-state index contributed by atoms with van der Waals surface area (Å²) in [6.45, 7) is 2.05. The quantitative estimate of drug-likeness (QED) is 0.646. The molecule has 0 saturated carbocycles. The molecule has 72 valence electrons. The lowest BCUT2D eigenvalue weighted by atomic mass is 10.2. The van der Waals surface area contributed by atoms with E-state index in [1.54, 1.807) is 6.26 Å². The monoisotopic (exact) mass is 191 g/mol. The summed E-state index contributed by atoms with van der Waals surface area (Å²) >= 11 is -1.11. The summed E-state index contributed by atoms with van der Waals surface area (Å²) in [6, 6.07) is 0. The Balaban J connectivity index is 2.35. The summed E-state index contributed by atoms with van der Waals surface area (Å²) in [5.41, 5.74) is 0. The van der Waals surface area contributed by atoms with Gasteiger partial charge in [0.15, 0.2) is 11.1 Å². The molecule has 2 unspecified atom stereocenters. The second-order valence-corrected chi connectivity index (χ2v) is 4.37. The normalized spacial score (nSPS) is 29.7. The van der Waals surface area contributed by atoms with Gasteiger partial charge in [0, 0.05) is 12.8 Å². The Bertz CT molecular complexity index is 163. The van der Waals surface area contributed by atoms with Gasteiger partial charge in [-0.05, 0) is 32.9 Å². The van der Waals surface area contributed by atoms with Gasteiger partial charge in [0.1, 0.15) is 0 Å². The maximum Gasteiger partial charge on any atom is 0.152 e. The predicted octanol–water partition coefficient (Wildman–Crippen LogP) is 0.781. The largest absolute Gasteiger partial charge is 0.304 e. The molecular formula is C8H17NO2S. The Hall–Kier alpha value is 0.0700. The molecule has 0 aromatic rings. The lowest BCUT2D eigenvalue weighted by Gasteiger charge is -2.18. The Morgan fingerprint density at radius 2 is 2.25 bits per heavy atom. The van der Waals surface area contributed by atoms with E-state index in [4.69, 9.17) is 4.18 Å². The molecule has 0 aromatic carbocycles. The van der Waals surface area contributed by atoms with E-state index >= 15 is 0 Å². The fraction of sp³-hybridized carbons (Fsp3) is 1.00. The fourth-order valence-electron chi connectivity index (χ4n) is 1.55. The molecule has 0 amide bonds. The minimum absolute atomic E-state index is 0.170. The molecule has 4 heteroatoms. The molecule has 1 saturated heterocycles. The molecule has 1 heterocycles. The van der Waals surface area contributed by atoms with Crippen LogP contribution in [0.4, 0.5) is 0 Å². The minimum atomic E-state index is -1.11. The highest BCUT2D eigenvalue weighted by Crippen LogP contribution is 2.12. The maximum absolute atomic E-state index is 10.8. The van der Waals surface area contributed by atoms with Crippen LogP contribution in [0.3, 0.4) is 0 Å². The summed E-state index contributed by atoms with van der Waals surface area (Å²) in [4.78, 5) is 2.24. The van der Waals surface area contributed by atoms with Crippen LogP contribution in [-0.2, 0) is 15.3 Å². The molecule has 3 nitrogen and oxygen atoms in total. The van der Waals surface area contributed by atoms with Crippen molar-refractivity contribution in [1.82, 2.24) is 4.90 Å². The summed E-state index contributed by atoms with van der Waals surface area (Å²) in [5.74, 6) is 0. The first kappa shape index (κ1) is 10.2. The number of hydrogen-bond donors (Lipinski definition) is 0. The summed E-state index contributed by atoms with van der Waals surface area (Å²) in [7, 11) is 2.08. The zero-order chi connectivity index (χ0) is 8.97. The van der Waals surface area contributed by atoms with Crippen molar-refractivity contribution in [3.05, 3.63) is 0 Å². The average molecular weight is 191 g/mol. The van der Waals surface area contributed by atoms with E-state index in [2.05, 4.69) is 11.9 Å².